The molecule has 1 amide bonds. The standard InChI is InChI=1S/C14H29N3O/c1-11(2)10-17-7-5-13(6-8-17)15-9-14(18)16-12(3)4/h11-13,15H,5-10H2,1-4H3,(H,16,18). The number of hydrogen-bond acceptors (Lipinski definition) is 3. The number of hydrogen-bond donors (Lipinski definition) is 2. The third-order valence-electron chi connectivity index (χ3n) is 3.21. The molecule has 1 aliphatic rings. The smallest absolute Gasteiger partial charge is 0.234 e. The number of carbonyl (C=O) groups is 1. The van der Waals surface area contributed by atoms with Crippen molar-refractivity contribution in [2.45, 2.75) is 52.6 Å². The molecule has 4 nitrogen and oxygen atoms in total. The highest BCUT2D eigenvalue weighted by Gasteiger charge is 2.19. The molecule has 0 aliphatic carbocycles. The van der Waals surface area contributed by atoms with E-state index in [4.69, 9.17) is 0 Å². The van der Waals surface area contributed by atoms with E-state index in [9.17, 15) is 4.79 Å². The van der Waals surface area contributed by atoms with Crippen molar-refractivity contribution < 1.29 is 4.79 Å². The van der Waals surface area contributed by atoms with Gasteiger partial charge in [-0.05, 0) is 45.7 Å². The van der Waals surface area contributed by atoms with Gasteiger partial charge in [0.25, 0.3) is 0 Å². The molecule has 18 heavy (non-hydrogen) atoms. The Morgan fingerprint density at radius 3 is 2.33 bits per heavy atom. The van der Waals surface area contributed by atoms with Crippen molar-refractivity contribution >= 4 is 5.91 Å². The van der Waals surface area contributed by atoms with E-state index in [1.54, 1.807) is 0 Å². The van der Waals surface area contributed by atoms with Gasteiger partial charge in [-0.25, -0.2) is 0 Å². The van der Waals surface area contributed by atoms with E-state index in [1.807, 2.05) is 13.8 Å². The molecule has 1 heterocycles. The number of piperidine rings is 1. The highest BCUT2D eigenvalue weighted by molar-refractivity contribution is 5.78. The summed E-state index contributed by atoms with van der Waals surface area (Å²) in [5, 5.41) is 6.27. The summed E-state index contributed by atoms with van der Waals surface area (Å²) in [6.45, 7) is 12.5. The number of nitrogens with one attached hydrogen (secondary N) is 2. The first kappa shape index (κ1) is 15.4. The number of carbonyl (C=O) groups excluding carboxylic acids is 1. The Morgan fingerprint density at radius 2 is 1.83 bits per heavy atom. The van der Waals surface area contributed by atoms with Gasteiger partial charge in [-0.15, -0.1) is 0 Å². The van der Waals surface area contributed by atoms with E-state index in [1.165, 1.54) is 6.54 Å². The SMILES string of the molecule is CC(C)CN1CCC(NCC(=O)NC(C)C)CC1. The van der Waals surface area contributed by atoms with Crippen molar-refractivity contribution in [1.29, 1.82) is 0 Å². The van der Waals surface area contributed by atoms with Crippen LogP contribution in [0.2, 0.25) is 0 Å². The van der Waals surface area contributed by atoms with Crippen LogP contribution in [0.25, 0.3) is 0 Å². The van der Waals surface area contributed by atoms with E-state index in [0.29, 0.717) is 12.6 Å². The maximum Gasteiger partial charge on any atom is 0.234 e. The van der Waals surface area contributed by atoms with Gasteiger partial charge >= 0.3 is 0 Å². The van der Waals surface area contributed by atoms with Crippen molar-refractivity contribution in [2.24, 2.45) is 5.92 Å². The first-order valence-electron chi connectivity index (χ1n) is 7.22. The summed E-state index contributed by atoms with van der Waals surface area (Å²) in [5.41, 5.74) is 0. The third kappa shape index (κ3) is 6.36. The van der Waals surface area contributed by atoms with Gasteiger partial charge in [-0.3, -0.25) is 4.79 Å². The van der Waals surface area contributed by atoms with Gasteiger partial charge < -0.3 is 15.5 Å². The second-order valence-electron chi connectivity index (χ2n) is 6.07. The second-order valence-corrected chi connectivity index (χ2v) is 6.07. The van der Waals surface area contributed by atoms with Gasteiger partial charge in [0.15, 0.2) is 0 Å². The number of amides is 1. The van der Waals surface area contributed by atoms with Crippen LogP contribution in [0.15, 0.2) is 0 Å². The molecular weight excluding hydrogens is 226 g/mol. The number of nitrogens with zero attached hydrogens (tertiary/aromatic N) is 1. The summed E-state index contributed by atoms with van der Waals surface area (Å²) < 4.78 is 0. The van der Waals surface area contributed by atoms with Crippen LogP contribution in [0, 0.1) is 5.92 Å². The van der Waals surface area contributed by atoms with Gasteiger partial charge in [0, 0.05) is 18.6 Å². The number of likely N-dealkylation sites (tertiary alicyclic amines) is 1. The molecule has 0 unspecified atom stereocenters. The van der Waals surface area contributed by atoms with Crippen molar-refractivity contribution in [3.63, 3.8) is 0 Å². The minimum atomic E-state index is 0.106. The lowest BCUT2D eigenvalue weighted by Gasteiger charge is -2.33. The van der Waals surface area contributed by atoms with Gasteiger partial charge in [-0.1, -0.05) is 13.8 Å². The van der Waals surface area contributed by atoms with E-state index in [2.05, 4.69) is 29.4 Å². The highest BCUT2D eigenvalue weighted by atomic mass is 16.1. The molecule has 0 atom stereocenters. The Morgan fingerprint density at radius 1 is 1.22 bits per heavy atom. The quantitative estimate of drug-likeness (QED) is 0.750. The molecule has 0 bridgehead atoms. The fourth-order valence-electron chi connectivity index (χ4n) is 2.45. The van der Waals surface area contributed by atoms with Crippen LogP contribution in [0.3, 0.4) is 0 Å². The lowest BCUT2D eigenvalue weighted by molar-refractivity contribution is -0.120. The van der Waals surface area contributed by atoms with E-state index < -0.39 is 0 Å². The van der Waals surface area contributed by atoms with Crippen LogP contribution in [0.4, 0.5) is 0 Å². The summed E-state index contributed by atoms with van der Waals surface area (Å²) in [6.07, 6.45) is 2.31. The molecule has 0 spiro atoms. The van der Waals surface area contributed by atoms with Crippen molar-refractivity contribution in [3.05, 3.63) is 0 Å². The largest absolute Gasteiger partial charge is 0.353 e. The Bertz CT molecular complexity index is 245. The topological polar surface area (TPSA) is 44.4 Å². The first-order valence-corrected chi connectivity index (χ1v) is 7.22. The average Bonchev–Trinajstić information content (AvgIpc) is 2.26. The van der Waals surface area contributed by atoms with Gasteiger partial charge in [-0.2, -0.15) is 0 Å². The normalized spacial score (nSPS) is 18.6. The predicted octanol–water partition coefficient (Wildman–Crippen LogP) is 1.22. The summed E-state index contributed by atoms with van der Waals surface area (Å²) in [6, 6.07) is 0.735. The summed E-state index contributed by atoms with van der Waals surface area (Å²) in [7, 11) is 0. The van der Waals surface area contributed by atoms with Gasteiger partial charge in [0.2, 0.25) is 5.91 Å². The van der Waals surface area contributed by atoms with E-state index in [0.717, 1.165) is 31.8 Å². The van der Waals surface area contributed by atoms with Gasteiger partial charge in [0.1, 0.15) is 0 Å². The number of rotatable bonds is 6. The highest BCUT2D eigenvalue weighted by Crippen LogP contribution is 2.11. The lowest BCUT2D eigenvalue weighted by Crippen LogP contribution is -2.47. The molecule has 1 rings (SSSR count). The van der Waals surface area contributed by atoms with Crippen LogP contribution in [-0.2, 0) is 4.79 Å². The maximum atomic E-state index is 11.5. The summed E-state index contributed by atoms with van der Waals surface area (Å²) in [5.74, 6) is 0.848. The molecule has 0 aromatic heterocycles. The molecule has 106 valence electrons. The third-order valence-corrected chi connectivity index (χ3v) is 3.21. The zero-order valence-electron chi connectivity index (χ0n) is 12.3. The zero-order valence-corrected chi connectivity index (χ0v) is 12.3. The van der Waals surface area contributed by atoms with Crippen molar-refractivity contribution in [3.8, 4) is 0 Å². The Hall–Kier alpha value is -0.610. The average molecular weight is 255 g/mol. The summed E-state index contributed by atoms with van der Waals surface area (Å²) in [4.78, 5) is 14.0. The zero-order chi connectivity index (χ0) is 13.5. The Labute approximate surface area is 111 Å². The van der Waals surface area contributed by atoms with Crippen LogP contribution >= 0.6 is 0 Å². The van der Waals surface area contributed by atoms with Crippen LogP contribution in [-0.4, -0.2) is 49.1 Å². The molecule has 1 fully saturated rings. The minimum absolute atomic E-state index is 0.106. The monoisotopic (exact) mass is 255 g/mol. The molecular formula is C14H29N3O. The minimum Gasteiger partial charge on any atom is -0.353 e. The molecule has 2 N–H and O–H groups in total. The first-order chi connectivity index (χ1) is 8.47. The molecule has 0 saturated carbocycles. The lowest BCUT2D eigenvalue weighted by atomic mass is 10.0. The van der Waals surface area contributed by atoms with Crippen LogP contribution in [0.5, 0.6) is 0 Å². The molecule has 1 saturated heterocycles. The van der Waals surface area contributed by atoms with Crippen LogP contribution < -0.4 is 10.6 Å². The maximum absolute atomic E-state index is 11.5. The van der Waals surface area contributed by atoms with Crippen molar-refractivity contribution in [2.75, 3.05) is 26.2 Å². The molecule has 1 aliphatic heterocycles. The molecule has 4 heteroatoms. The molecule has 0 aromatic carbocycles. The Kier molecular flexibility index (Phi) is 6.65. The fourth-order valence-corrected chi connectivity index (χ4v) is 2.45. The second kappa shape index (κ2) is 7.74. The molecule has 0 radical (unpaired) electrons. The molecule has 0 aromatic rings. The van der Waals surface area contributed by atoms with Crippen LogP contribution in [0.1, 0.15) is 40.5 Å². The van der Waals surface area contributed by atoms with Crippen molar-refractivity contribution in [1.82, 2.24) is 15.5 Å². The van der Waals surface area contributed by atoms with E-state index >= 15 is 0 Å². The predicted molar refractivity (Wildman–Crippen MR) is 75.6 cm³/mol. The van der Waals surface area contributed by atoms with E-state index in [-0.39, 0.29) is 11.9 Å². The fraction of sp³-hybridized carbons (Fsp3) is 0.929. The van der Waals surface area contributed by atoms with Gasteiger partial charge in [0.05, 0.1) is 6.54 Å². The summed E-state index contributed by atoms with van der Waals surface area (Å²) >= 11 is 0. The Balaban J connectivity index is 2.14.